The Morgan fingerprint density at radius 2 is 1.62 bits per heavy atom. The van der Waals surface area contributed by atoms with Crippen molar-refractivity contribution in [2.75, 3.05) is 41.3 Å². The lowest BCUT2D eigenvalue weighted by Crippen LogP contribution is -2.47. The molecule has 1 aromatic carbocycles. The topological polar surface area (TPSA) is 57.2 Å². The number of aryl methyl sites for hydroxylation is 2. The minimum absolute atomic E-state index is 0.654. The zero-order chi connectivity index (χ0) is 20.1. The highest BCUT2D eigenvalue weighted by Crippen LogP contribution is 2.24. The number of aromatic nitrogens is 3. The van der Waals surface area contributed by atoms with Crippen LogP contribution < -0.4 is 15.1 Å². The predicted molar refractivity (Wildman–Crippen MR) is 119 cm³/mol. The molecule has 1 N–H and O–H groups in total. The summed E-state index contributed by atoms with van der Waals surface area (Å²) in [4.78, 5) is 18.3. The van der Waals surface area contributed by atoms with Crippen molar-refractivity contribution in [1.29, 1.82) is 0 Å². The Bertz CT molecular complexity index is 932. The van der Waals surface area contributed by atoms with Crippen LogP contribution >= 0.6 is 0 Å². The molecule has 0 unspecified atom stereocenters. The van der Waals surface area contributed by atoms with Crippen LogP contribution in [0.1, 0.15) is 23.6 Å². The van der Waals surface area contributed by atoms with E-state index in [0.29, 0.717) is 12.5 Å². The first-order chi connectivity index (χ1) is 14.2. The molecule has 0 bridgehead atoms. The van der Waals surface area contributed by atoms with Gasteiger partial charge in [0.15, 0.2) is 0 Å². The van der Waals surface area contributed by atoms with Crippen LogP contribution in [0, 0.1) is 6.92 Å². The summed E-state index contributed by atoms with van der Waals surface area (Å²) in [5.74, 6) is 1.70. The van der Waals surface area contributed by atoms with Gasteiger partial charge in [0.1, 0.15) is 5.82 Å². The average molecular weight is 389 g/mol. The molecule has 0 aliphatic carbocycles. The largest absolute Gasteiger partial charge is 0.368 e. The molecule has 0 amide bonds. The van der Waals surface area contributed by atoms with Crippen molar-refractivity contribution < 1.29 is 0 Å². The average Bonchev–Trinajstić information content (AvgIpc) is 2.79. The summed E-state index contributed by atoms with van der Waals surface area (Å²) >= 11 is 0. The molecular weight excluding hydrogens is 360 g/mol. The zero-order valence-corrected chi connectivity index (χ0v) is 17.2. The Morgan fingerprint density at radius 3 is 2.34 bits per heavy atom. The first-order valence-corrected chi connectivity index (χ1v) is 10.3. The van der Waals surface area contributed by atoms with Crippen molar-refractivity contribution >= 4 is 17.5 Å². The van der Waals surface area contributed by atoms with E-state index < -0.39 is 0 Å². The number of para-hydroxylation sites is 1. The van der Waals surface area contributed by atoms with Gasteiger partial charge >= 0.3 is 0 Å². The summed E-state index contributed by atoms with van der Waals surface area (Å²) in [6.07, 6.45) is 6.58. The fourth-order valence-corrected chi connectivity index (χ4v) is 3.73. The maximum absolute atomic E-state index is 4.68. The van der Waals surface area contributed by atoms with Crippen LogP contribution in [0.15, 0.2) is 55.0 Å². The number of benzene rings is 1. The van der Waals surface area contributed by atoms with Gasteiger partial charge in [-0.15, -0.1) is 0 Å². The second-order valence-electron chi connectivity index (χ2n) is 7.37. The van der Waals surface area contributed by atoms with E-state index in [1.54, 1.807) is 0 Å². The molecule has 1 saturated heterocycles. The number of rotatable bonds is 6. The third kappa shape index (κ3) is 4.47. The van der Waals surface area contributed by atoms with E-state index in [2.05, 4.69) is 74.2 Å². The van der Waals surface area contributed by atoms with E-state index in [4.69, 9.17) is 0 Å². The minimum atomic E-state index is 0.654. The van der Waals surface area contributed by atoms with Gasteiger partial charge < -0.3 is 15.1 Å². The molecule has 1 aliphatic rings. The lowest BCUT2D eigenvalue weighted by molar-refractivity contribution is 0.644. The van der Waals surface area contributed by atoms with E-state index in [1.807, 2.05) is 24.7 Å². The Kier molecular flexibility index (Phi) is 5.89. The van der Waals surface area contributed by atoms with E-state index in [1.165, 1.54) is 16.8 Å². The number of nitrogens with one attached hydrogen (secondary N) is 1. The van der Waals surface area contributed by atoms with Gasteiger partial charge in [-0.05, 0) is 36.6 Å². The lowest BCUT2D eigenvalue weighted by Gasteiger charge is -2.38. The number of piperazine rings is 1. The maximum atomic E-state index is 4.68. The second kappa shape index (κ2) is 8.90. The maximum Gasteiger partial charge on any atom is 0.222 e. The van der Waals surface area contributed by atoms with Crippen molar-refractivity contribution in [1.82, 2.24) is 15.0 Å². The third-order valence-corrected chi connectivity index (χ3v) is 5.45. The Labute approximate surface area is 172 Å². The fraction of sp³-hybridized carbons (Fsp3) is 0.348. The van der Waals surface area contributed by atoms with Crippen LogP contribution in [0.5, 0.6) is 0 Å². The van der Waals surface area contributed by atoms with Gasteiger partial charge in [0, 0.05) is 62.6 Å². The molecule has 0 saturated carbocycles. The summed E-state index contributed by atoms with van der Waals surface area (Å²) in [5, 5.41) is 3.33. The molecule has 4 rings (SSSR count). The van der Waals surface area contributed by atoms with Gasteiger partial charge in [-0.1, -0.05) is 31.2 Å². The molecule has 6 nitrogen and oxygen atoms in total. The normalized spacial score (nSPS) is 14.1. The van der Waals surface area contributed by atoms with E-state index in [0.717, 1.165) is 44.0 Å². The number of anilines is 3. The van der Waals surface area contributed by atoms with Crippen molar-refractivity contribution in [2.45, 2.75) is 26.8 Å². The Balaban J connectivity index is 1.41. The summed E-state index contributed by atoms with van der Waals surface area (Å²) in [5.41, 5.74) is 4.98. The molecule has 6 heteroatoms. The molecule has 2 aromatic heterocycles. The van der Waals surface area contributed by atoms with Gasteiger partial charge in [0.2, 0.25) is 5.95 Å². The molecule has 1 fully saturated rings. The predicted octanol–water partition coefficient (Wildman–Crippen LogP) is 3.68. The van der Waals surface area contributed by atoms with Gasteiger partial charge in [0.05, 0.1) is 0 Å². The Morgan fingerprint density at radius 1 is 0.897 bits per heavy atom. The zero-order valence-electron chi connectivity index (χ0n) is 17.2. The molecule has 0 atom stereocenters. The number of pyridine rings is 1. The lowest BCUT2D eigenvalue weighted by atomic mass is 10.1. The van der Waals surface area contributed by atoms with Crippen LogP contribution in [-0.2, 0) is 13.0 Å². The molecule has 3 aromatic rings. The molecule has 29 heavy (non-hydrogen) atoms. The molecule has 1 aliphatic heterocycles. The van der Waals surface area contributed by atoms with E-state index >= 15 is 0 Å². The van der Waals surface area contributed by atoms with Crippen molar-refractivity contribution in [2.24, 2.45) is 0 Å². The third-order valence-electron chi connectivity index (χ3n) is 5.45. The first-order valence-electron chi connectivity index (χ1n) is 10.3. The van der Waals surface area contributed by atoms with Gasteiger partial charge in [0.25, 0.3) is 0 Å². The second-order valence-corrected chi connectivity index (χ2v) is 7.37. The SMILES string of the molecule is CCc1cnc(NCc2cccnc2N2CCN(c3ccccc3C)CC2)nc1. The van der Waals surface area contributed by atoms with Crippen molar-refractivity contribution in [3.05, 3.63) is 71.7 Å². The minimum Gasteiger partial charge on any atom is -0.368 e. The summed E-state index contributed by atoms with van der Waals surface area (Å²) < 4.78 is 0. The number of nitrogens with zero attached hydrogens (tertiary/aromatic N) is 5. The molecule has 0 spiro atoms. The van der Waals surface area contributed by atoms with Crippen LogP contribution in [0.25, 0.3) is 0 Å². The van der Waals surface area contributed by atoms with E-state index in [-0.39, 0.29) is 0 Å². The monoisotopic (exact) mass is 388 g/mol. The van der Waals surface area contributed by atoms with Crippen LogP contribution in [0.4, 0.5) is 17.5 Å². The number of hydrogen-bond donors (Lipinski definition) is 1. The highest BCUT2D eigenvalue weighted by atomic mass is 15.3. The summed E-state index contributed by atoms with van der Waals surface area (Å²) in [6, 6.07) is 12.7. The van der Waals surface area contributed by atoms with Gasteiger partial charge in [-0.3, -0.25) is 0 Å². The van der Waals surface area contributed by atoms with Crippen LogP contribution in [-0.4, -0.2) is 41.1 Å². The first kappa shape index (κ1) is 19.2. The highest BCUT2D eigenvalue weighted by molar-refractivity contribution is 5.55. The highest BCUT2D eigenvalue weighted by Gasteiger charge is 2.21. The van der Waals surface area contributed by atoms with Gasteiger partial charge in [-0.2, -0.15) is 0 Å². The molecule has 3 heterocycles. The van der Waals surface area contributed by atoms with Crippen LogP contribution in [0.2, 0.25) is 0 Å². The molecular formula is C23H28N6. The van der Waals surface area contributed by atoms with Crippen molar-refractivity contribution in [3.8, 4) is 0 Å². The van der Waals surface area contributed by atoms with Crippen LogP contribution in [0.3, 0.4) is 0 Å². The smallest absolute Gasteiger partial charge is 0.222 e. The number of hydrogen-bond acceptors (Lipinski definition) is 6. The molecule has 0 radical (unpaired) electrons. The summed E-state index contributed by atoms with van der Waals surface area (Å²) in [7, 11) is 0. The summed E-state index contributed by atoms with van der Waals surface area (Å²) in [6.45, 7) is 8.85. The van der Waals surface area contributed by atoms with E-state index in [9.17, 15) is 0 Å². The quantitative estimate of drug-likeness (QED) is 0.695. The fourth-order valence-electron chi connectivity index (χ4n) is 3.73. The standard InChI is InChI=1S/C23H28N6/c1-3-19-15-25-23(26-16-19)27-17-20-8-6-10-24-22(20)29-13-11-28(12-14-29)21-9-5-4-7-18(21)2/h4-10,15-16H,3,11-14,17H2,1-2H3,(H,25,26,27). The van der Waals surface area contributed by atoms with Gasteiger partial charge in [-0.25, -0.2) is 15.0 Å². The molecule has 150 valence electrons. The van der Waals surface area contributed by atoms with Crippen molar-refractivity contribution in [3.63, 3.8) is 0 Å². The Hall–Kier alpha value is -3.15.